The van der Waals surface area contributed by atoms with Gasteiger partial charge in [-0.2, -0.15) is 0 Å². The van der Waals surface area contributed by atoms with Crippen molar-refractivity contribution in [1.29, 1.82) is 0 Å². The monoisotopic (exact) mass is 328 g/mol. The van der Waals surface area contributed by atoms with Crippen LogP contribution >= 0.6 is 0 Å². The van der Waals surface area contributed by atoms with Crippen molar-refractivity contribution in [2.24, 2.45) is 0 Å². The largest absolute Gasteiger partial charge is 0.597 e. The van der Waals surface area contributed by atoms with Crippen LogP contribution in [0.3, 0.4) is 0 Å². The summed E-state index contributed by atoms with van der Waals surface area (Å²) in [6.07, 6.45) is 1.45. The highest BCUT2D eigenvalue weighted by molar-refractivity contribution is 7.90. The van der Waals surface area contributed by atoms with Gasteiger partial charge in [-0.15, -0.1) is 4.31 Å². The molecule has 8 heteroatoms. The molecule has 0 bridgehead atoms. The van der Waals surface area contributed by atoms with E-state index < -0.39 is 18.5 Å². The Morgan fingerprint density at radius 2 is 2.05 bits per heavy atom. The summed E-state index contributed by atoms with van der Waals surface area (Å²) in [5, 5.41) is 18.9. The zero-order valence-electron chi connectivity index (χ0n) is 14.0. The summed E-state index contributed by atoms with van der Waals surface area (Å²) >= 11 is -1.19. The van der Waals surface area contributed by atoms with Gasteiger partial charge in [-0.1, -0.05) is 0 Å². The molecule has 0 saturated carbocycles. The second kappa shape index (κ2) is 7.65. The lowest BCUT2D eigenvalue weighted by Gasteiger charge is -2.35. The Morgan fingerprint density at radius 1 is 1.45 bits per heavy atom. The molecule has 1 heterocycles. The number of aromatic nitrogens is 1. The SMILES string of the molecule is CCN(C(C)c1cc(B(O)O)c(OC)cn1)[S@@+]([O-])C(C)(C)C. The summed E-state index contributed by atoms with van der Waals surface area (Å²) < 4.78 is 19.2. The highest BCUT2D eigenvalue weighted by Gasteiger charge is 2.36. The zero-order valence-corrected chi connectivity index (χ0v) is 14.8. The number of rotatable bonds is 6. The molecule has 0 aliphatic rings. The van der Waals surface area contributed by atoms with Crippen molar-refractivity contribution < 1.29 is 19.3 Å². The fourth-order valence-corrected chi connectivity index (χ4v) is 3.44. The average molecular weight is 328 g/mol. The van der Waals surface area contributed by atoms with E-state index in [0.717, 1.165) is 0 Å². The van der Waals surface area contributed by atoms with E-state index >= 15 is 0 Å². The first-order valence-electron chi connectivity index (χ1n) is 7.22. The molecule has 1 unspecified atom stereocenters. The van der Waals surface area contributed by atoms with Crippen LogP contribution in [0.2, 0.25) is 0 Å². The standard InChI is InChI=1S/C14H25BN2O4S/c1-7-17(22(20)14(3,4)5)10(2)12-8-11(15(18)19)13(21-6)9-16-12/h8-10,18-19H,7H2,1-6H3/t10?,22-/m0/s1. The van der Waals surface area contributed by atoms with Crippen LogP contribution in [-0.4, -0.2) is 49.4 Å². The maximum Gasteiger partial charge on any atom is 0.492 e. The van der Waals surface area contributed by atoms with Crippen molar-refractivity contribution in [2.75, 3.05) is 13.7 Å². The lowest BCUT2D eigenvalue weighted by molar-refractivity contribution is 0.338. The van der Waals surface area contributed by atoms with E-state index in [1.807, 2.05) is 38.9 Å². The van der Waals surface area contributed by atoms with Crippen LogP contribution in [0.4, 0.5) is 0 Å². The molecular weight excluding hydrogens is 303 g/mol. The van der Waals surface area contributed by atoms with Crippen molar-refractivity contribution in [3.05, 3.63) is 18.0 Å². The number of nitrogens with zero attached hydrogens (tertiary/aromatic N) is 2. The minimum atomic E-state index is -1.65. The Hall–Kier alpha value is -0.795. The highest BCUT2D eigenvalue weighted by Crippen LogP contribution is 2.28. The zero-order chi connectivity index (χ0) is 17.1. The van der Waals surface area contributed by atoms with Crippen molar-refractivity contribution in [3.8, 4) is 5.75 Å². The maximum absolute atomic E-state index is 12.6. The molecule has 0 saturated heterocycles. The first-order valence-corrected chi connectivity index (χ1v) is 8.32. The van der Waals surface area contributed by atoms with E-state index in [4.69, 9.17) is 4.74 Å². The molecule has 22 heavy (non-hydrogen) atoms. The molecule has 2 N–H and O–H groups in total. The van der Waals surface area contributed by atoms with Gasteiger partial charge in [-0.25, -0.2) is 0 Å². The Balaban J connectivity index is 3.15. The Morgan fingerprint density at radius 3 is 2.45 bits per heavy atom. The Bertz CT molecular complexity index is 496. The van der Waals surface area contributed by atoms with Crippen LogP contribution in [0.1, 0.15) is 46.4 Å². The molecule has 0 aromatic carbocycles. The predicted octanol–water partition coefficient (Wildman–Crippen LogP) is 0.615. The molecule has 6 nitrogen and oxygen atoms in total. The van der Waals surface area contributed by atoms with Gasteiger partial charge in [0, 0.05) is 23.4 Å². The fraction of sp³-hybridized carbons (Fsp3) is 0.643. The molecule has 1 aromatic rings. The summed E-state index contributed by atoms with van der Waals surface area (Å²) in [5.74, 6) is 0.311. The predicted molar refractivity (Wildman–Crippen MR) is 89.3 cm³/mol. The highest BCUT2D eigenvalue weighted by atomic mass is 32.2. The van der Waals surface area contributed by atoms with Crippen LogP contribution in [0, 0.1) is 0 Å². The lowest BCUT2D eigenvalue weighted by Crippen LogP contribution is -2.44. The summed E-state index contributed by atoms with van der Waals surface area (Å²) in [4.78, 5) is 4.30. The van der Waals surface area contributed by atoms with Gasteiger partial charge in [-0.05, 0) is 40.7 Å². The van der Waals surface area contributed by atoms with E-state index in [-0.39, 0.29) is 16.3 Å². The van der Waals surface area contributed by atoms with Gasteiger partial charge in [0.25, 0.3) is 0 Å². The fourth-order valence-electron chi connectivity index (χ4n) is 2.11. The van der Waals surface area contributed by atoms with Crippen molar-refractivity contribution >= 4 is 23.9 Å². The third kappa shape index (κ3) is 4.36. The van der Waals surface area contributed by atoms with Gasteiger partial charge in [0.2, 0.25) is 0 Å². The summed E-state index contributed by atoms with van der Waals surface area (Å²) in [5.41, 5.74) is 0.861. The van der Waals surface area contributed by atoms with Gasteiger partial charge in [0.05, 0.1) is 25.0 Å². The van der Waals surface area contributed by atoms with Crippen LogP contribution in [0.5, 0.6) is 5.75 Å². The molecule has 0 aliphatic carbocycles. The minimum Gasteiger partial charge on any atom is -0.597 e. The van der Waals surface area contributed by atoms with Gasteiger partial charge in [-0.3, -0.25) is 4.98 Å². The van der Waals surface area contributed by atoms with Crippen LogP contribution in [0.15, 0.2) is 12.3 Å². The van der Waals surface area contributed by atoms with E-state index in [0.29, 0.717) is 18.0 Å². The van der Waals surface area contributed by atoms with E-state index in [2.05, 4.69) is 4.98 Å². The van der Waals surface area contributed by atoms with E-state index in [1.54, 1.807) is 6.07 Å². The topological polar surface area (TPSA) is 88.9 Å². The van der Waals surface area contributed by atoms with Crippen LogP contribution < -0.4 is 10.2 Å². The Kier molecular flexibility index (Phi) is 6.70. The molecule has 0 fully saturated rings. The molecule has 0 amide bonds. The maximum atomic E-state index is 12.6. The number of methoxy groups -OCH3 is 1. The molecule has 0 radical (unpaired) electrons. The van der Waals surface area contributed by atoms with Gasteiger partial charge in [0.1, 0.15) is 10.5 Å². The van der Waals surface area contributed by atoms with Gasteiger partial charge < -0.3 is 19.3 Å². The summed E-state index contributed by atoms with van der Waals surface area (Å²) in [7, 11) is -0.203. The molecule has 2 atom stereocenters. The molecule has 1 rings (SSSR count). The van der Waals surface area contributed by atoms with Crippen molar-refractivity contribution in [1.82, 2.24) is 9.29 Å². The first-order chi connectivity index (χ1) is 10.1. The number of hydrogen-bond acceptors (Lipinski definition) is 6. The molecule has 0 aliphatic heterocycles. The smallest absolute Gasteiger partial charge is 0.492 e. The summed E-state index contributed by atoms with van der Waals surface area (Å²) in [6.45, 7) is 10.2. The summed E-state index contributed by atoms with van der Waals surface area (Å²) in [6, 6.07) is 1.35. The van der Waals surface area contributed by atoms with E-state index in [9.17, 15) is 14.6 Å². The van der Waals surface area contributed by atoms with Gasteiger partial charge >= 0.3 is 7.12 Å². The molecule has 124 valence electrons. The second-order valence-electron chi connectivity index (χ2n) is 6.00. The second-order valence-corrected chi connectivity index (χ2v) is 8.19. The molecular formula is C14H25BN2O4S. The van der Waals surface area contributed by atoms with Crippen molar-refractivity contribution in [3.63, 3.8) is 0 Å². The third-order valence-electron chi connectivity index (χ3n) is 3.33. The quantitative estimate of drug-likeness (QED) is 0.588. The minimum absolute atomic E-state index is 0.228. The van der Waals surface area contributed by atoms with Crippen LogP contribution in [-0.2, 0) is 11.4 Å². The normalized spacial score (nSPS) is 14.8. The molecule has 0 spiro atoms. The van der Waals surface area contributed by atoms with Crippen molar-refractivity contribution in [2.45, 2.75) is 45.4 Å². The molecule has 1 aromatic heterocycles. The Labute approximate surface area is 136 Å². The number of hydrogen-bond donors (Lipinski definition) is 2. The van der Waals surface area contributed by atoms with E-state index in [1.165, 1.54) is 13.3 Å². The third-order valence-corrected chi connectivity index (χ3v) is 5.37. The van der Waals surface area contributed by atoms with Gasteiger partial charge in [0.15, 0.2) is 0 Å². The number of ether oxygens (including phenoxy) is 1. The number of pyridine rings is 1. The van der Waals surface area contributed by atoms with Crippen LogP contribution in [0.25, 0.3) is 0 Å². The average Bonchev–Trinajstić information content (AvgIpc) is 2.45. The first kappa shape index (κ1) is 19.3. The lowest BCUT2D eigenvalue weighted by atomic mass is 9.79.